The highest BCUT2D eigenvalue weighted by Crippen LogP contribution is 2.42. The molecule has 1 aromatic rings. The Hall–Kier alpha value is -1.06. The van der Waals surface area contributed by atoms with E-state index < -0.39 is 5.60 Å². The van der Waals surface area contributed by atoms with Crippen LogP contribution in [-0.4, -0.2) is 31.5 Å². The summed E-state index contributed by atoms with van der Waals surface area (Å²) in [5.41, 5.74) is 1.49. The average molecular weight is 250 g/mol. The number of rotatable bonds is 6. The van der Waals surface area contributed by atoms with Crippen LogP contribution in [0.25, 0.3) is 0 Å². The summed E-state index contributed by atoms with van der Waals surface area (Å²) in [4.78, 5) is 0. The molecule has 3 heteroatoms. The van der Waals surface area contributed by atoms with Crippen molar-refractivity contribution in [3.05, 3.63) is 29.3 Å². The molecule has 0 amide bonds. The molecule has 2 rings (SSSR count). The zero-order valence-corrected chi connectivity index (χ0v) is 11.4. The van der Waals surface area contributed by atoms with Gasteiger partial charge in [-0.25, -0.2) is 0 Å². The minimum absolute atomic E-state index is 0.364. The minimum atomic E-state index is -0.754. The van der Waals surface area contributed by atoms with Gasteiger partial charge in [-0.2, -0.15) is 0 Å². The zero-order valence-electron chi connectivity index (χ0n) is 11.4. The lowest BCUT2D eigenvalue weighted by molar-refractivity contribution is -0.0477. The molecule has 0 radical (unpaired) electrons. The maximum Gasteiger partial charge on any atom is 0.122 e. The monoisotopic (exact) mass is 250 g/mol. The number of aryl methyl sites for hydroxylation is 1. The van der Waals surface area contributed by atoms with Crippen LogP contribution in [-0.2, 0) is 11.2 Å². The summed E-state index contributed by atoms with van der Waals surface area (Å²) in [5.74, 6) is 1.21. The summed E-state index contributed by atoms with van der Waals surface area (Å²) in [7, 11) is 3.31. The second kappa shape index (κ2) is 5.29. The Balaban J connectivity index is 2.22. The van der Waals surface area contributed by atoms with Crippen molar-refractivity contribution in [1.29, 1.82) is 0 Å². The summed E-state index contributed by atoms with van der Waals surface area (Å²) in [6, 6.07) is 6.07. The number of aliphatic hydroxyl groups is 1. The van der Waals surface area contributed by atoms with E-state index >= 15 is 0 Å². The van der Waals surface area contributed by atoms with Gasteiger partial charge in [0.2, 0.25) is 0 Å². The quantitative estimate of drug-likeness (QED) is 0.842. The number of hydrogen-bond acceptors (Lipinski definition) is 3. The van der Waals surface area contributed by atoms with E-state index in [1.165, 1.54) is 5.56 Å². The van der Waals surface area contributed by atoms with Gasteiger partial charge < -0.3 is 14.6 Å². The molecule has 1 fully saturated rings. The van der Waals surface area contributed by atoms with Crippen molar-refractivity contribution in [3.8, 4) is 5.75 Å². The molecular formula is C15H22O3. The number of methoxy groups -OCH3 is 2. The van der Waals surface area contributed by atoms with Gasteiger partial charge in [0.1, 0.15) is 5.75 Å². The van der Waals surface area contributed by atoms with Crippen molar-refractivity contribution in [2.75, 3.05) is 20.8 Å². The zero-order chi connectivity index (χ0) is 13.2. The van der Waals surface area contributed by atoms with E-state index in [1.807, 2.05) is 12.1 Å². The number of hydrogen-bond donors (Lipinski definition) is 1. The smallest absolute Gasteiger partial charge is 0.122 e. The molecular weight excluding hydrogens is 228 g/mol. The van der Waals surface area contributed by atoms with Gasteiger partial charge in [-0.15, -0.1) is 0 Å². The molecule has 100 valence electrons. The molecule has 1 aromatic carbocycles. The second-order valence-corrected chi connectivity index (χ2v) is 5.30. The molecule has 1 unspecified atom stereocenters. The third-order valence-corrected chi connectivity index (χ3v) is 3.66. The summed E-state index contributed by atoms with van der Waals surface area (Å²) in [6.45, 7) is 2.43. The Labute approximate surface area is 109 Å². The molecule has 3 nitrogen and oxygen atoms in total. The molecule has 1 saturated carbocycles. The van der Waals surface area contributed by atoms with Crippen LogP contribution >= 0.6 is 0 Å². The first-order valence-corrected chi connectivity index (χ1v) is 6.44. The molecule has 0 saturated heterocycles. The van der Waals surface area contributed by atoms with Gasteiger partial charge in [0.05, 0.1) is 19.3 Å². The first-order valence-electron chi connectivity index (χ1n) is 6.44. The third-order valence-electron chi connectivity index (χ3n) is 3.66. The molecule has 1 atom stereocenters. The van der Waals surface area contributed by atoms with E-state index in [-0.39, 0.29) is 0 Å². The molecule has 0 aliphatic heterocycles. The van der Waals surface area contributed by atoms with Crippen molar-refractivity contribution >= 4 is 0 Å². The van der Waals surface area contributed by atoms with Gasteiger partial charge >= 0.3 is 0 Å². The van der Waals surface area contributed by atoms with Crippen molar-refractivity contribution in [2.24, 2.45) is 5.92 Å². The molecule has 0 bridgehead atoms. The first kappa shape index (κ1) is 13.4. The lowest BCUT2D eigenvalue weighted by atomic mass is 9.89. The van der Waals surface area contributed by atoms with Gasteiger partial charge in [0, 0.05) is 13.5 Å². The topological polar surface area (TPSA) is 38.7 Å². The predicted octanol–water partition coefficient (Wildman–Crippen LogP) is 2.33. The molecule has 0 heterocycles. The molecule has 18 heavy (non-hydrogen) atoms. The Morgan fingerprint density at radius 3 is 2.61 bits per heavy atom. The normalized spacial score (nSPS) is 18.4. The van der Waals surface area contributed by atoms with Crippen LogP contribution in [0.5, 0.6) is 5.75 Å². The first-order chi connectivity index (χ1) is 8.59. The Bertz CT molecular complexity index is 412. The average Bonchev–Trinajstić information content (AvgIpc) is 3.13. The van der Waals surface area contributed by atoms with E-state index in [9.17, 15) is 5.11 Å². The highest BCUT2D eigenvalue weighted by atomic mass is 16.5. The van der Waals surface area contributed by atoms with Gasteiger partial charge in [0.25, 0.3) is 0 Å². The van der Waals surface area contributed by atoms with Gasteiger partial charge in [-0.3, -0.25) is 0 Å². The van der Waals surface area contributed by atoms with Crippen LogP contribution in [0, 0.1) is 12.8 Å². The van der Waals surface area contributed by atoms with Crippen LogP contribution < -0.4 is 4.74 Å². The van der Waals surface area contributed by atoms with E-state index in [0.717, 1.165) is 24.2 Å². The Morgan fingerprint density at radius 1 is 1.33 bits per heavy atom. The number of benzene rings is 1. The van der Waals surface area contributed by atoms with Crippen LogP contribution in [0.4, 0.5) is 0 Å². The highest BCUT2D eigenvalue weighted by molar-refractivity contribution is 5.38. The molecule has 0 spiro atoms. The highest BCUT2D eigenvalue weighted by Gasteiger charge is 2.44. The van der Waals surface area contributed by atoms with Gasteiger partial charge in [-0.1, -0.05) is 17.7 Å². The van der Waals surface area contributed by atoms with Crippen molar-refractivity contribution in [1.82, 2.24) is 0 Å². The summed E-state index contributed by atoms with van der Waals surface area (Å²) < 4.78 is 10.6. The van der Waals surface area contributed by atoms with E-state index in [1.54, 1.807) is 14.2 Å². The maximum atomic E-state index is 10.7. The molecule has 0 aromatic heterocycles. The van der Waals surface area contributed by atoms with Crippen LogP contribution in [0.1, 0.15) is 24.0 Å². The fraction of sp³-hybridized carbons (Fsp3) is 0.600. The molecule has 1 aliphatic rings. The minimum Gasteiger partial charge on any atom is -0.496 e. The Morgan fingerprint density at radius 2 is 2.06 bits per heavy atom. The third kappa shape index (κ3) is 2.85. The largest absolute Gasteiger partial charge is 0.496 e. The SMILES string of the molecule is COCC(O)(Cc1cc(C)ccc1OC)C1CC1. The summed E-state index contributed by atoms with van der Waals surface area (Å²) in [6.07, 6.45) is 2.78. The van der Waals surface area contributed by atoms with Crippen LogP contribution in [0.3, 0.4) is 0 Å². The maximum absolute atomic E-state index is 10.7. The van der Waals surface area contributed by atoms with Crippen LogP contribution in [0.15, 0.2) is 18.2 Å². The lowest BCUT2D eigenvalue weighted by Crippen LogP contribution is -2.39. The predicted molar refractivity (Wildman–Crippen MR) is 71.0 cm³/mol. The lowest BCUT2D eigenvalue weighted by Gasteiger charge is -2.28. The second-order valence-electron chi connectivity index (χ2n) is 5.30. The van der Waals surface area contributed by atoms with E-state index in [0.29, 0.717) is 18.9 Å². The van der Waals surface area contributed by atoms with Gasteiger partial charge in [0.15, 0.2) is 0 Å². The van der Waals surface area contributed by atoms with E-state index in [2.05, 4.69) is 13.0 Å². The standard InChI is InChI=1S/C15H22O3/c1-11-4-7-14(18-3)12(8-11)9-15(16,10-17-2)13-5-6-13/h4,7-8,13,16H,5-6,9-10H2,1-3H3. The van der Waals surface area contributed by atoms with Gasteiger partial charge in [-0.05, 0) is 37.3 Å². The van der Waals surface area contributed by atoms with Crippen LogP contribution in [0.2, 0.25) is 0 Å². The van der Waals surface area contributed by atoms with Crippen molar-refractivity contribution in [2.45, 2.75) is 31.8 Å². The molecule has 1 N–H and O–H groups in total. The number of ether oxygens (including phenoxy) is 2. The van der Waals surface area contributed by atoms with Crippen molar-refractivity contribution < 1.29 is 14.6 Å². The summed E-state index contributed by atoms with van der Waals surface area (Å²) in [5, 5.41) is 10.7. The van der Waals surface area contributed by atoms with Crippen molar-refractivity contribution in [3.63, 3.8) is 0 Å². The Kier molecular flexibility index (Phi) is 3.93. The van der Waals surface area contributed by atoms with E-state index in [4.69, 9.17) is 9.47 Å². The fourth-order valence-corrected chi connectivity index (χ4v) is 2.56. The molecule has 1 aliphatic carbocycles. The summed E-state index contributed by atoms with van der Waals surface area (Å²) >= 11 is 0. The fourth-order valence-electron chi connectivity index (χ4n) is 2.56.